The Bertz CT molecular complexity index is 482. The van der Waals surface area contributed by atoms with Crippen LogP contribution in [0.25, 0.3) is 0 Å². The first kappa shape index (κ1) is 24.2. The number of ether oxygens (including phenoxy) is 2. The van der Waals surface area contributed by atoms with Gasteiger partial charge in [-0.1, -0.05) is 40.5 Å². The van der Waals surface area contributed by atoms with E-state index in [1.807, 2.05) is 13.8 Å². The molecule has 0 aromatic heterocycles. The standard InChI is InChI=1S/C17H29NO7S/c1-5-7-8-12(6-2)16(22)24-10-25-17(23)26-9-13(15(20)21)18-14(19)11(3)4/h11-13H,5-10H2,1-4H3,(H,18,19)(H,20,21)/t12?,13-/m0/s1. The van der Waals surface area contributed by atoms with Crippen LogP contribution < -0.4 is 5.32 Å². The van der Waals surface area contributed by atoms with Crippen molar-refractivity contribution >= 4 is 34.9 Å². The fourth-order valence-electron chi connectivity index (χ4n) is 1.90. The Balaban J connectivity index is 4.22. The predicted molar refractivity (Wildman–Crippen MR) is 97.6 cm³/mol. The molecule has 0 saturated carbocycles. The minimum Gasteiger partial charge on any atom is -0.480 e. The molecule has 0 aromatic rings. The van der Waals surface area contributed by atoms with Crippen molar-refractivity contribution in [1.82, 2.24) is 5.32 Å². The molecule has 1 amide bonds. The van der Waals surface area contributed by atoms with Crippen LogP contribution in [-0.2, 0) is 23.9 Å². The highest BCUT2D eigenvalue weighted by Crippen LogP contribution is 2.15. The quantitative estimate of drug-likeness (QED) is 0.385. The normalized spacial score (nSPS) is 13.0. The van der Waals surface area contributed by atoms with E-state index in [2.05, 4.69) is 5.32 Å². The van der Waals surface area contributed by atoms with E-state index < -0.39 is 36.0 Å². The Labute approximate surface area is 158 Å². The van der Waals surface area contributed by atoms with E-state index in [1.165, 1.54) is 0 Å². The second kappa shape index (κ2) is 13.4. The molecule has 0 bridgehead atoms. The van der Waals surface area contributed by atoms with Crippen molar-refractivity contribution in [2.24, 2.45) is 11.8 Å². The van der Waals surface area contributed by atoms with Crippen molar-refractivity contribution in [3.8, 4) is 0 Å². The number of amides is 1. The largest absolute Gasteiger partial charge is 0.480 e. The summed E-state index contributed by atoms with van der Waals surface area (Å²) in [5.74, 6) is -2.84. The van der Waals surface area contributed by atoms with Crippen molar-refractivity contribution in [3.63, 3.8) is 0 Å². The highest BCUT2D eigenvalue weighted by atomic mass is 32.2. The number of carboxylic acids is 1. The minimum absolute atomic E-state index is 0.186. The molecule has 0 spiro atoms. The number of carboxylic acid groups (broad SMARTS) is 1. The summed E-state index contributed by atoms with van der Waals surface area (Å²) in [7, 11) is 0. The molecular weight excluding hydrogens is 362 g/mol. The number of esters is 1. The summed E-state index contributed by atoms with van der Waals surface area (Å²) in [6.45, 7) is 6.68. The third-order valence-corrected chi connectivity index (χ3v) is 4.47. The Morgan fingerprint density at radius 3 is 2.27 bits per heavy atom. The van der Waals surface area contributed by atoms with Crippen LogP contribution in [-0.4, -0.2) is 46.8 Å². The number of unbranched alkanes of at least 4 members (excludes halogenated alkanes) is 1. The van der Waals surface area contributed by atoms with Crippen LogP contribution in [0.5, 0.6) is 0 Å². The topological polar surface area (TPSA) is 119 Å². The molecule has 2 N–H and O–H groups in total. The molecule has 0 aliphatic rings. The number of carbonyl (C=O) groups is 4. The second-order valence-electron chi connectivity index (χ2n) is 6.09. The molecule has 0 aromatic carbocycles. The van der Waals surface area contributed by atoms with E-state index in [1.54, 1.807) is 13.8 Å². The molecule has 0 fully saturated rings. The zero-order chi connectivity index (χ0) is 20.1. The summed E-state index contributed by atoms with van der Waals surface area (Å²) in [5, 5.41) is 10.6. The lowest BCUT2D eigenvalue weighted by Crippen LogP contribution is -2.44. The van der Waals surface area contributed by atoms with Crippen molar-refractivity contribution in [2.45, 2.75) is 59.4 Å². The number of nitrogens with one attached hydrogen (secondary N) is 1. The molecule has 26 heavy (non-hydrogen) atoms. The van der Waals surface area contributed by atoms with Gasteiger partial charge >= 0.3 is 17.2 Å². The molecule has 1 unspecified atom stereocenters. The zero-order valence-electron chi connectivity index (χ0n) is 15.8. The lowest BCUT2D eigenvalue weighted by Gasteiger charge is -2.15. The molecule has 150 valence electrons. The predicted octanol–water partition coefficient (Wildman–Crippen LogP) is 2.80. The van der Waals surface area contributed by atoms with Gasteiger partial charge in [-0.25, -0.2) is 9.59 Å². The van der Waals surface area contributed by atoms with Crippen LogP contribution in [0.15, 0.2) is 0 Å². The summed E-state index contributed by atoms with van der Waals surface area (Å²) in [6.07, 6.45) is 3.27. The highest BCUT2D eigenvalue weighted by Gasteiger charge is 2.23. The lowest BCUT2D eigenvalue weighted by atomic mass is 10.00. The Hall–Kier alpha value is -1.77. The van der Waals surface area contributed by atoms with Gasteiger partial charge in [0.05, 0.1) is 5.92 Å². The van der Waals surface area contributed by atoms with Gasteiger partial charge in [0, 0.05) is 11.7 Å². The van der Waals surface area contributed by atoms with Crippen molar-refractivity contribution in [2.75, 3.05) is 12.5 Å². The van der Waals surface area contributed by atoms with Gasteiger partial charge in [0.2, 0.25) is 12.7 Å². The molecule has 0 aliphatic heterocycles. The van der Waals surface area contributed by atoms with E-state index in [4.69, 9.17) is 14.6 Å². The lowest BCUT2D eigenvalue weighted by molar-refractivity contribution is -0.156. The number of thioether (sulfide) groups is 1. The van der Waals surface area contributed by atoms with E-state index in [9.17, 15) is 19.2 Å². The number of hydrogen-bond acceptors (Lipinski definition) is 7. The summed E-state index contributed by atoms with van der Waals surface area (Å²) in [4.78, 5) is 46.2. The first-order valence-electron chi connectivity index (χ1n) is 8.72. The van der Waals surface area contributed by atoms with E-state index in [-0.39, 0.29) is 17.6 Å². The molecule has 0 rings (SSSR count). The summed E-state index contributed by atoms with van der Waals surface area (Å²) in [5.41, 5.74) is 0. The van der Waals surface area contributed by atoms with Crippen LogP contribution in [0.1, 0.15) is 53.4 Å². The molecular formula is C17H29NO7S. The molecule has 9 heteroatoms. The van der Waals surface area contributed by atoms with Crippen molar-refractivity contribution in [3.05, 3.63) is 0 Å². The molecule has 0 heterocycles. The van der Waals surface area contributed by atoms with Gasteiger partial charge in [-0.05, 0) is 24.6 Å². The molecule has 2 atom stereocenters. The maximum Gasteiger partial charge on any atom is 0.370 e. The monoisotopic (exact) mass is 391 g/mol. The number of rotatable bonds is 12. The maximum atomic E-state index is 11.9. The zero-order valence-corrected chi connectivity index (χ0v) is 16.6. The fourth-order valence-corrected chi connectivity index (χ4v) is 2.56. The van der Waals surface area contributed by atoms with Gasteiger partial charge in [0.25, 0.3) is 0 Å². The molecule has 0 radical (unpaired) electrons. The minimum atomic E-state index is -1.24. The average Bonchev–Trinajstić information content (AvgIpc) is 2.58. The third kappa shape index (κ3) is 10.3. The SMILES string of the molecule is CCCCC(CC)C(=O)OCOC(=O)SC[C@H](NC(=O)C(C)C)C(=O)O. The van der Waals surface area contributed by atoms with Crippen LogP contribution in [0.3, 0.4) is 0 Å². The third-order valence-electron chi connectivity index (χ3n) is 3.62. The maximum absolute atomic E-state index is 11.9. The van der Waals surface area contributed by atoms with Crippen molar-refractivity contribution in [1.29, 1.82) is 0 Å². The van der Waals surface area contributed by atoms with Gasteiger partial charge in [0.15, 0.2) is 0 Å². The van der Waals surface area contributed by atoms with Gasteiger partial charge in [0.1, 0.15) is 6.04 Å². The summed E-state index contributed by atoms with van der Waals surface area (Å²) in [6, 6.07) is -1.21. The number of hydrogen-bond donors (Lipinski definition) is 2. The van der Waals surface area contributed by atoms with Gasteiger partial charge < -0.3 is 19.9 Å². The van der Waals surface area contributed by atoms with E-state index >= 15 is 0 Å². The van der Waals surface area contributed by atoms with Gasteiger partial charge in [-0.3, -0.25) is 9.59 Å². The number of carbonyl (C=O) groups excluding carboxylic acids is 3. The first-order chi connectivity index (χ1) is 12.2. The van der Waals surface area contributed by atoms with Gasteiger partial charge in [-0.15, -0.1) is 0 Å². The smallest absolute Gasteiger partial charge is 0.370 e. The van der Waals surface area contributed by atoms with Crippen LogP contribution >= 0.6 is 11.8 Å². The average molecular weight is 391 g/mol. The van der Waals surface area contributed by atoms with E-state index in [0.717, 1.165) is 19.3 Å². The molecule has 8 nitrogen and oxygen atoms in total. The second-order valence-corrected chi connectivity index (χ2v) is 7.04. The van der Waals surface area contributed by atoms with Crippen LogP contribution in [0.4, 0.5) is 4.79 Å². The Kier molecular flexibility index (Phi) is 12.5. The summed E-state index contributed by atoms with van der Waals surface area (Å²) < 4.78 is 9.70. The van der Waals surface area contributed by atoms with Gasteiger partial charge in [-0.2, -0.15) is 0 Å². The fraction of sp³-hybridized carbons (Fsp3) is 0.765. The van der Waals surface area contributed by atoms with Crippen molar-refractivity contribution < 1.29 is 33.8 Å². The van der Waals surface area contributed by atoms with E-state index in [0.29, 0.717) is 18.2 Å². The number of aliphatic carboxylic acids is 1. The summed E-state index contributed by atoms with van der Waals surface area (Å²) >= 11 is 0.598. The Morgan fingerprint density at radius 2 is 1.77 bits per heavy atom. The first-order valence-corrected chi connectivity index (χ1v) is 9.70. The highest BCUT2D eigenvalue weighted by molar-refractivity contribution is 8.13. The molecule has 0 aliphatic carbocycles. The molecule has 0 saturated heterocycles. The Morgan fingerprint density at radius 1 is 1.12 bits per heavy atom. The van der Waals surface area contributed by atoms with Crippen LogP contribution in [0, 0.1) is 11.8 Å². The van der Waals surface area contributed by atoms with Crippen LogP contribution in [0.2, 0.25) is 0 Å².